The Morgan fingerprint density at radius 2 is 2.46 bits per heavy atom. The Labute approximate surface area is 79.2 Å². The van der Waals surface area contributed by atoms with Gasteiger partial charge in [0.2, 0.25) is 0 Å². The van der Waals surface area contributed by atoms with Crippen LogP contribution in [0.15, 0.2) is 12.2 Å². The predicted octanol–water partition coefficient (Wildman–Crippen LogP) is 1.25. The summed E-state index contributed by atoms with van der Waals surface area (Å²) in [6.07, 6.45) is 7.02. The van der Waals surface area contributed by atoms with Crippen molar-refractivity contribution in [3.05, 3.63) is 12.2 Å². The largest absolute Gasteiger partial charge is 0.463 e. The third-order valence-electron chi connectivity index (χ3n) is 2.10. The van der Waals surface area contributed by atoms with Gasteiger partial charge in [0, 0.05) is 12.1 Å². The van der Waals surface area contributed by atoms with E-state index in [2.05, 4.69) is 5.32 Å². The predicted molar refractivity (Wildman–Crippen MR) is 51.4 cm³/mol. The minimum Gasteiger partial charge on any atom is -0.463 e. The summed E-state index contributed by atoms with van der Waals surface area (Å²) in [5.74, 6) is -0.241. The first-order chi connectivity index (χ1) is 6.33. The van der Waals surface area contributed by atoms with Gasteiger partial charge in [-0.15, -0.1) is 0 Å². The Morgan fingerprint density at radius 1 is 1.62 bits per heavy atom. The highest BCUT2D eigenvalue weighted by Gasteiger charge is 2.08. The van der Waals surface area contributed by atoms with Crippen LogP contribution >= 0.6 is 0 Å². The fourth-order valence-electron chi connectivity index (χ4n) is 1.43. The van der Waals surface area contributed by atoms with Gasteiger partial charge in [0.25, 0.3) is 0 Å². The Kier molecular flexibility index (Phi) is 4.54. The van der Waals surface area contributed by atoms with Crippen LogP contribution in [0, 0.1) is 0 Å². The molecular weight excluding hydrogens is 166 g/mol. The van der Waals surface area contributed by atoms with E-state index in [1.165, 1.54) is 18.9 Å². The van der Waals surface area contributed by atoms with Crippen LogP contribution in [0.5, 0.6) is 0 Å². The molecule has 0 spiro atoms. The summed E-state index contributed by atoms with van der Waals surface area (Å²) in [6.45, 7) is 3.31. The zero-order chi connectivity index (χ0) is 9.52. The van der Waals surface area contributed by atoms with Crippen molar-refractivity contribution < 1.29 is 9.53 Å². The van der Waals surface area contributed by atoms with Crippen LogP contribution in [0.4, 0.5) is 0 Å². The molecule has 0 saturated carbocycles. The molecule has 0 amide bonds. The average Bonchev–Trinajstić information content (AvgIpc) is 2.17. The van der Waals surface area contributed by atoms with Gasteiger partial charge in [0.05, 0.1) is 6.61 Å². The monoisotopic (exact) mass is 183 g/mol. The smallest absolute Gasteiger partial charge is 0.330 e. The molecule has 1 unspecified atom stereocenters. The summed E-state index contributed by atoms with van der Waals surface area (Å²) in [5.41, 5.74) is 0. The molecule has 1 aliphatic rings. The molecule has 0 aromatic rings. The van der Waals surface area contributed by atoms with E-state index >= 15 is 0 Å². The molecule has 0 aliphatic carbocycles. The topological polar surface area (TPSA) is 38.3 Å². The highest BCUT2D eigenvalue weighted by Crippen LogP contribution is 2.07. The molecular formula is C10H17NO2. The zero-order valence-corrected chi connectivity index (χ0v) is 8.08. The summed E-state index contributed by atoms with van der Waals surface area (Å²) >= 11 is 0. The molecule has 1 N–H and O–H groups in total. The number of carbonyl (C=O) groups excluding carboxylic acids is 1. The van der Waals surface area contributed by atoms with E-state index < -0.39 is 0 Å². The number of piperidine rings is 1. The number of carbonyl (C=O) groups is 1. The summed E-state index contributed by atoms with van der Waals surface area (Å²) < 4.78 is 4.78. The van der Waals surface area contributed by atoms with Crippen molar-refractivity contribution in [2.24, 2.45) is 0 Å². The summed E-state index contributed by atoms with van der Waals surface area (Å²) in [6, 6.07) is 0.359. The molecule has 1 saturated heterocycles. The Morgan fingerprint density at radius 3 is 3.08 bits per heavy atom. The number of esters is 1. The maximum atomic E-state index is 10.9. The SMILES string of the molecule is CCOC(=O)/C=C/C1CCCCN1. The molecule has 13 heavy (non-hydrogen) atoms. The van der Waals surface area contributed by atoms with E-state index in [-0.39, 0.29) is 5.97 Å². The van der Waals surface area contributed by atoms with E-state index in [0.29, 0.717) is 12.6 Å². The molecule has 0 bridgehead atoms. The molecule has 0 aromatic heterocycles. The van der Waals surface area contributed by atoms with Crippen LogP contribution in [0.1, 0.15) is 26.2 Å². The van der Waals surface area contributed by atoms with Crippen molar-refractivity contribution in [3.8, 4) is 0 Å². The van der Waals surface area contributed by atoms with Crippen LogP contribution in [-0.2, 0) is 9.53 Å². The molecule has 0 radical (unpaired) electrons. The van der Waals surface area contributed by atoms with Crippen molar-refractivity contribution in [2.45, 2.75) is 32.2 Å². The van der Waals surface area contributed by atoms with Crippen LogP contribution in [0.2, 0.25) is 0 Å². The molecule has 74 valence electrons. The molecule has 1 atom stereocenters. The summed E-state index contributed by atoms with van der Waals surface area (Å²) in [5, 5.41) is 3.32. The van der Waals surface area contributed by atoms with Crippen LogP contribution in [-0.4, -0.2) is 25.2 Å². The second-order valence-electron chi connectivity index (χ2n) is 3.17. The number of hydrogen-bond acceptors (Lipinski definition) is 3. The molecule has 0 aromatic carbocycles. The second-order valence-corrected chi connectivity index (χ2v) is 3.17. The minimum atomic E-state index is -0.241. The van der Waals surface area contributed by atoms with Gasteiger partial charge in [0.15, 0.2) is 0 Å². The fraction of sp³-hybridized carbons (Fsp3) is 0.700. The van der Waals surface area contributed by atoms with Gasteiger partial charge in [-0.2, -0.15) is 0 Å². The first-order valence-electron chi connectivity index (χ1n) is 4.91. The van der Waals surface area contributed by atoms with Crippen LogP contribution in [0.25, 0.3) is 0 Å². The van der Waals surface area contributed by atoms with E-state index in [1.54, 1.807) is 0 Å². The van der Waals surface area contributed by atoms with Gasteiger partial charge in [0.1, 0.15) is 0 Å². The lowest BCUT2D eigenvalue weighted by atomic mass is 10.0. The van der Waals surface area contributed by atoms with Crippen molar-refractivity contribution in [1.29, 1.82) is 0 Å². The van der Waals surface area contributed by atoms with E-state index in [0.717, 1.165) is 13.0 Å². The van der Waals surface area contributed by atoms with Gasteiger partial charge < -0.3 is 10.1 Å². The highest BCUT2D eigenvalue weighted by atomic mass is 16.5. The highest BCUT2D eigenvalue weighted by molar-refractivity contribution is 5.81. The number of nitrogens with one attached hydrogen (secondary N) is 1. The van der Waals surface area contributed by atoms with Crippen molar-refractivity contribution in [1.82, 2.24) is 5.32 Å². The third-order valence-corrected chi connectivity index (χ3v) is 2.10. The lowest BCUT2D eigenvalue weighted by Crippen LogP contribution is -2.32. The van der Waals surface area contributed by atoms with Crippen molar-refractivity contribution in [3.63, 3.8) is 0 Å². The van der Waals surface area contributed by atoms with E-state index in [1.807, 2.05) is 13.0 Å². The molecule has 1 fully saturated rings. The van der Waals surface area contributed by atoms with E-state index in [4.69, 9.17) is 4.74 Å². The first kappa shape index (κ1) is 10.3. The maximum absolute atomic E-state index is 10.9. The molecule has 1 heterocycles. The van der Waals surface area contributed by atoms with Gasteiger partial charge in [-0.1, -0.05) is 12.5 Å². The van der Waals surface area contributed by atoms with Crippen LogP contribution < -0.4 is 5.32 Å². The normalized spacial score (nSPS) is 23.3. The maximum Gasteiger partial charge on any atom is 0.330 e. The van der Waals surface area contributed by atoms with Gasteiger partial charge in [-0.05, 0) is 26.3 Å². The Balaban J connectivity index is 2.24. The van der Waals surface area contributed by atoms with Gasteiger partial charge in [-0.3, -0.25) is 0 Å². The zero-order valence-electron chi connectivity index (χ0n) is 8.08. The van der Waals surface area contributed by atoms with Crippen molar-refractivity contribution >= 4 is 5.97 Å². The van der Waals surface area contributed by atoms with Crippen molar-refractivity contribution in [2.75, 3.05) is 13.2 Å². The average molecular weight is 183 g/mol. The molecule has 3 heteroatoms. The molecule has 1 rings (SSSR count). The lowest BCUT2D eigenvalue weighted by molar-refractivity contribution is -0.137. The number of ether oxygens (including phenoxy) is 1. The fourth-order valence-corrected chi connectivity index (χ4v) is 1.43. The quantitative estimate of drug-likeness (QED) is 0.528. The standard InChI is InChI=1S/C10H17NO2/c1-2-13-10(12)7-6-9-5-3-4-8-11-9/h6-7,9,11H,2-5,8H2,1H3/b7-6+. The summed E-state index contributed by atoms with van der Waals surface area (Å²) in [7, 11) is 0. The third kappa shape index (κ3) is 4.08. The Hall–Kier alpha value is -0.830. The molecule has 3 nitrogen and oxygen atoms in total. The number of rotatable bonds is 3. The van der Waals surface area contributed by atoms with Gasteiger partial charge in [-0.25, -0.2) is 4.79 Å². The second kappa shape index (κ2) is 5.75. The minimum absolute atomic E-state index is 0.241. The Bertz CT molecular complexity index is 183. The van der Waals surface area contributed by atoms with E-state index in [9.17, 15) is 4.79 Å². The molecule has 1 aliphatic heterocycles. The first-order valence-corrected chi connectivity index (χ1v) is 4.91. The van der Waals surface area contributed by atoms with Crippen LogP contribution in [0.3, 0.4) is 0 Å². The number of hydrogen-bond donors (Lipinski definition) is 1. The lowest BCUT2D eigenvalue weighted by Gasteiger charge is -2.19. The summed E-state index contributed by atoms with van der Waals surface area (Å²) in [4.78, 5) is 10.9. The van der Waals surface area contributed by atoms with Gasteiger partial charge >= 0.3 is 5.97 Å².